The molecule has 0 radical (unpaired) electrons. The summed E-state index contributed by atoms with van der Waals surface area (Å²) in [6.07, 6.45) is 0.813. The van der Waals surface area contributed by atoms with Gasteiger partial charge in [-0.15, -0.1) is 0 Å². The molecule has 0 spiro atoms. The molecule has 4 rings (SSSR count). The molecule has 0 N–H and O–H groups in total. The lowest BCUT2D eigenvalue weighted by Gasteiger charge is -2.36. The molecule has 1 amide bonds. The van der Waals surface area contributed by atoms with E-state index in [0.29, 0.717) is 36.9 Å². The third-order valence-corrected chi connectivity index (χ3v) is 5.48. The molecule has 2 aliphatic rings. The molecule has 0 aromatic heterocycles. The van der Waals surface area contributed by atoms with Gasteiger partial charge in [-0.25, -0.2) is 8.78 Å². The number of nitrogens with zero attached hydrogens (tertiary/aromatic N) is 2. The van der Waals surface area contributed by atoms with E-state index < -0.39 is 0 Å². The van der Waals surface area contributed by atoms with Crippen LogP contribution in [0.4, 0.5) is 14.5 Å². The second kappa shape index (κ2) is 6.88. The SMILES string of the molecule is O=C(C1C[C@H]1c1ccc(F)cc1)N1CCN(c2cc(Cl)ccc2F)CC1. The molecule has 2 atom stereocenters. The molecule has 2 aromatic carbocycles. The first-order chi connectivity index (χ1) is 12.5. The second-order valence-corrected chi connectivity index (χ2v) is 7.34. The topological polar surface area (TPSA) is 23.6 Å². The highest BCUT2D eigenvalue weighted by Gasteiger charge is 2.46. The van der Waals surface area contributed by atoms with E-state index in [0.717, 1.165) is 12.0 Å². The van der Waals surface area contributed by atoms with Gasteiger partial charge in [-0.05, 0) is 48.2 Å². The van der Waals surface area contributed by atoms with Crippen LogP contribution in [0.1, 0.15) is 17.9 Å². The van der Waals surface area contributed by atoms with Crippen LogP contribution >= 0.6 is 11.6 Å². The molecule has 1 saturated carbocycles. The van der Waals surface area contributed by atoms with Crippen molar-refractivity contribution in [2.75, 3.05) is 31.1 Å². The number of rotatable bonds is 3. The molecular weight excluding hydrogens is 358 g/mol. The monoisotopic (exact) mass is 376 g/mol. The van der Waals surface area contributed by atoms with Gasteiger partial charge in [0.2, 0.25) is 5.91 Å². The average Bonchev–Trinajstić information content (AvgIpc) is 3.45. The van der Waals surface area contributed by atoms with Crippen molar-refractivity contribution in [1.82, 2.24) is 4.90 Å². The van der Waals surface area contributed by atoms with Gasteiger partial charge in [-0.3, -0.25) is 4.79 Å². The van der Waals surface area contributed by atoms with Crippen molar-refractivity contribution in [3.63, 3.8) is 0 Å². The number of benzene rings is 2. The molecule has 26 heavy (non-hydrogen) atoms. The van der Waals surface area contributed by atoms with Gasteiger partial charge in [0.1, 0.15) is 11.6 Å². The summed E-state index contributed by atoms with van der Waals surface area (Å²) in [5, 5.41) is 0.500. The Kier molecular flexibility index (Phi) is 4.57. The maximum Gasteiger partial charge on any atom is 0.226 e. The van der Waals surface area contributed by atoms with Crippen molar-refractivity contribution in [2.24, 2.45) is 5.92 Å². The lowest BCUT2D eigenvalue weighted by molar-refractivity contribution is -0.132. The smallest absolute Gasteiger partial charge is 0.226 e. The molecular formula is C20H19ClF2N2O. The van der Waals surface area contributed by atoms with E-state index in [2.05, 4.69) is 0 Å². The molecule has 0 bridgehead atoms. The van der Waals surface area contributed by atoms with Gasteiger partial charge in [0.25, 0.3) is 0 Å². The van der Waals surface area contributed by atoms with E-state index in [-0.39, 0.29) is 29.4 Å². The number of piperazine rings is 1. The van der Waals surface area contributed by atoms with Gasteiger partial charge < -0.3 is 9.80 Å². The van der Waals surface area contributed by atoms with Crippen LogP contribution < -0.4 is 4.90 Å². The van der Waals surface area contributed by atoms with Crippen LogP contribution in [0.25, 0.3) is 0 Å². The number of carbonyl (C=O) groups excluding carboxylic acids is 1. The van der Waals surface area contributed by atoms with Crippen LogP contribution in [0.3, 0.4) is 0 Å². The fraction of sp³-hybridized carbons (Fsp3) is 0.350. The summed E-state index contributed by atoms with van der Waals surface area (Å²) < 4.78 is 27.0. The first kappa shape index (κ1) is 17.3. The molecule has 1 unspecified atom stereocenters. The summed E-state index contributed by atoms with van der Waals surface area (Å²) in [7, 11) is 0. The van der Waals surface area contributed by atoms with Gasteiger partial charge in [0, 0.05) is 37.1 Å². The Labute approximate surface area is 156 Å². The standard InChI is InChI=1S/C20H19ClF2N2O/c21-14-3-6-18(23)19(11-14)24-7-9-25(10-8-24)20(26)17-12-16(17)13-1-4-15(22)5-2-13/h1-6,11,16-17H,7-10,12H2/t16-,17?/m0/s1. The normalized spacial score (nSPS) is 22.4. The molecule has 136 valence electrons. The van der Waals surface area contributed by atoms with Crippen LogP contribution in [0.2, 0.25) is 5.02 Å². The summed E-state index contributed by atoms with van der Waals surface area (Å²) in [6, 6.07) is 10.9. The van der Waals surface area contributed by atoms with E-state index >= 15 is 0 Å². The van der Waals surface area contributed by atoms with E-state index in [4.69, 9.17) is 11.6 Å². The molecule has 3 nitrogen and oxygen atoms in total. The minimum Gasteiger partial charge on any atom is -0.366 e. The number of halogens is 3. The zero-order valence-electron chi connectivity index (χ0n) is 14.2. The quantitative estimate of drug-likeness (QED) is 0.806. The van der Waals surface area contributed by atoms with Crippen LogP contribution in [0.5, 0.6) is 0 Å². The third-order valence-electron chi connectivity index (χ3n) is 5.25. The zero-order valence-corrected chi connectivity index (χ0v) is 14.9. The highest BCUT2D eigenvalue weighted by atomic mass is 35.5. The lowest BCUT2D eigenvalue weighted by atomic mass is 10.1. The van der Waals surface area contributed by atoms with Gasteiger partial charge in [-0.2, -0.15) is 0 Å². The van der Waals surface area contributed by atoms with Crippen molar-refractivity contribution in [3.05, 3.63) is 64.7 Å². The van der Waals surface area contributed by atoms with Crippen molar-refractivity contribution in [1.29, 1.82) is 0 Å². The molecule has 1 aliphatic heterocycles. The van der Waals surface area contributed by atoms with Crippen molar-refractivity contribution >= 4 is 23.2 Å². The Morgan fingerprint density at radius 3 is 2.38 bits per heavy atom. The van der Waals surface area contributed by atoms with Crippen LogP contribution in [0.15, 0.2) is 42.5 Å². The minimum atomic E-state index is -0.298. The maximum absolute atomic E-state index is 14.0. The summed E-state index contributed by atoms with van der Waals surface area (Å²) in [5.41, 5.74) is 1.50. The molecule has 1 aliphatic carbocycles. The fourth-order valence-electron chi connectivity index (χ4n) is 3.68. The van der Waals surface area contributed by atoms with E-state index in [1.165, 1.54) is 24.3 Å². The van der Waals surface area contributed by atoms with Gasteiger partial charge in [0.05, 0.1) is 5.69 Å². The van der Waals surface area contributed by atoms with Crippen molar-refractivity contribution in [3.8, 4) is 0 Å². The molecule has 6 heteroatoms. The predicted octanol–water partition coefficient (Wildman–Crippen LogP) is 4.07. The largest absolute Gasteiger partial charge is 0.366 e. The van der Waals surface area contributed by atoms with E-state index in [1.54, 1.807) is 18.2 Å². The Morgan fingerprint density at radius 1 is 1.00 bits per heavy atom. The van der Waals surface area contributed by atoms with Crippen molar-refractivity contribution in [2.45, 2.75) is 12.3 Å². The second-order valence-electron chi connectivity index (χ2n) is 6.91. The van der Waals surface area contributed by atoms with E-state index in [1.807, 2.05) is 9.80 Å². The summed E-state index contributed by atoms with van der Waals surface area (Å²) in [4.78, 5) is 16.5. The van der Waals surface area contributed by atoms with Crippen molar-refractivity contribution < 1.29 is 13.6 Å². The number of amides is 1. The minimum absolute atomic E-state index is 0.0186. The number of carbonyl (C=O) groups is 1. The number of hydrogen-bond acceptors (Lipinski definition) is 2. The fourth-order valence-corrected chi connectivity index (χ4v) is 3.84. The third kappa shape index (κ3) is 3.40. The van der Waals surface area contributed by atoms with Crippen LogP contribution in [-0.2, 0) is 4.79 Å². The maximum atomic E-state index is 14.0. The van der Waals surface area contributed by atoms with Gasteiger partial charge >= 0.3 is 0 Å². The lowest BCUT2D eigenvalue weighted by Crippen LogP contribution is -2.49. The number of hydrogen-bond donors (Lipinski definition) is 0. The van der Waals surface area contributed by atoms with Crippen LogP contribution in [0, 0.1) is 17.6 Å². The summed E-state index contributed by atoms with van der Waals surface area (Å²) in [5.74, 6) is -0.249. The highest BCUT2D eigenvalue weighted by molar-refractivity contribution is 6.30. The Morgan fingerprint density at radius 2 is 1.69 bits per heavy atom. The molecule has 1 saturated heterocycles. The summed E-state index contributed by atoms with van der Waals surface area (Å²) >= 11 is 5.97. The molecule has 2 aromatic rings. The van der Waals surface area contributed by atoms with E-state index in [9.17, 15) is 13.6 Å². The number of anilines is 1. The summed E-state index contributed by atoms with van der Waals surface area (Å²) in [6.45, 7) is 2.29. The average molecular weight is 377 g/mol. The molecule has 2 fully saturated rings. The Balaban J connectivity index is 1.36. The predicted molar refractivity (Wildman–Crippen MR) is 97.5 cm³/mol. The van der Waals surface area contributed by atoms with Gasteiger partial charge in [-0.1, -0.05) is 23.7 Å². The Hall–Kier alpha value is -2.14. The highest BCUT2D eigenvalue weighted by Crippen LogP contribution is 2.48. The van der Waals surface area contributed by atoms with Crippen LogP contribution in [-0.4, -0.2) is 37.0 Å². The molecule has 1 heterocycles. The zero-order chi connectivity index (χ0) is 18.3. The first-order valence-electron chi connectivity index (χ1n) is 8.77. The first-order valence-corrected chi connectivity index (χ1v) is 9.15. The van der Waals surface area contributed by atoms with Gasteiger partial charge in [0.15, 0.2) is 0 Å². The Bertz CT molecular complexity index is 819.